The maximum absolute atomic E-state index is 5.84. The molecule has 0 amide bonds. The molecule has 0 radical (unpaired) electrons. The van der Waals surface area contributed by atoms with Crippen molar-refractivity contribution in [1.29, 1.82) is 0 Å². The van der Waals surface area contributed by atoms with Gasteiger partial charge < -0.3 is 9.73 Å². The number of hydrogen-bond donors (Lipinski definition) is 1. The van der Waals surface area contributed by atoms with E-state index in [0.29, 0.717) is 12.0 Å². The molecule has 1 fully saturated rings. The predicted molar refractivity (Wildman–Crippen MR) is 84.6 cm³/mol. The second-order valence-corrected chi connectivity index (χ2v) is 5.38. The number of nitrogens with zero attached hydrogens (tertiary/aromatic N) is 1. The van der Waals surface area contributed by atoms with Gasteiger partial charge in [-0.25, -0.2) is 0 Å². The number of halogens is 2. The Bertz CT molecular complexity index is 349. The summed E-state index contributed by atoms with van der Waals surface area (Å²) in [5.74, 6) is 2.85. The smallest absolute Gasteiger partial charge is 0.121 e. The molecule has 112 valence electrons. The van der Waals surface area contributed by atoms with Crippen molar-refractivity contribution >= 4 is 24.8 Å². The summed E-state index contributed by atoms with van der Waals surface area (Å²) in [7, 11) is 0. The Kier molecular flexibility index (Phi) is 8.75. The number of hydrogen-bond acceptors (Lipinski definition) is 3. The molecule has 1 aromatic rings. The lowest BCUT2D eigenvalue weighted by Gasteiger charge is -2.34. The van der Waals surface area contributed by atoms with Gasteiger partial charge in [0, 0.05) is 26.2 Å². The fourth-order valence-electron chi connectivity index (χ4n) is 2.52. The van der Waals surface area contributed by atoms with Gasteiger partial charge in [0.15, 0.2) is 0 Å². The van der Waals surface area contributed by atoms with Gasteiger partial charge in [0.1, 0.15) is 11.5 Å². The summed E-state index contributed by atoms with van der Waals surface area (Å²) in [6.45, 7) is 11.0. The summed E-state index contributed by atoms with van der Waals surface area (Å²) < 4.78 is 5.84. The van der Waals surface area contributed by atoms with Gasteiger partial charge in [-0.2, -0.15) is 0 Å². The minimum atomic E-state index is 0. The molecule has 0 aromatic carbocycles. The Hall–Kier alpha value is -0.220. The zero-order valence-corrected chi connectivity index (χ0v) is 13.6. The third-order valence-corrected chi connectivity index (χ3v) is 3.38. The van der Waals surface area contributed by atoms with Gasteiger partial charge >= 0.3 is 0 Å². The number of nitrogens with one attached hydrogen (secondary N) is 1. The first-order valence-electron chi connectivity index (χ1n) is 6.68. The first kappa shape index (κ1) is 18.8. The lowest BCUT2D eigenvalue weighted by molar-refractivity contribution is 0.135. The number of furan rings is 1. The van der Waals surface area contributed by atoms with Crippen LogP contribution >= 0.6 is 24.8 Å². The molecule has 1 aliphatic heterocycles. The topological polar surface area (TPSA) is 28.4 Å². The summed E-state index contributed by atoms with van der Waals surface area (Å²) in [6, 6.07) is 4.67. The van der Waals surface area contributed by atoms with Crippen LogP contribution in [-0.2, 0) is 0 Å². The van der Waals surface area contributed by atoms with Crippen LogP contribution in [0.15, 0.2) is 16.5 Å². The van der Waals surface area contributed by atoms with Crippen molar-refractivity contribution in [2.75, 3.05) is 26.2 Å². The predicted octanol–water partition coefficient (Wildman–Crippen LogP) is 3.42. The fraction of sp³-hybridized carbons (Fsp3) is 0.714. The molecule has 0 spiro atoms. The van der Waals surface area contributed by atoms with E-state index in [1.807, 2.05) is 6.92 Å². The van der Waals surface area contributed by atoms with Crippen LogP contribution < -0.4 is 5.32 Å². The molecule has 1 atom stereocenters. The lowest BCUT2D eigenvalue weighted by atomic mass is 10.00. The van der Waals surface area contributed by atoms with Crippen molar-refractivity contribution in [1.82, 2.24) is 10.2 Å². The second kappa shape index (κ2) is 8.85. The van der Waals surface area contributed by atoms with E-state index in [0.717, 1.165) is 37.7 Å². The molecule has 2 rings (SSSR count). The van der Waals surface area contributed by atoms with E-state index in [1.54, 1.807) is 0 Å². The van der Waals surface area contributed by atoms with Crippen molar-refractivity contribution in [3.63, 3.8) is 0 Å². The van der Waals surface area contributed by atoms with E-state index in [2.05, 4.69) is 36.2 Å². The van der Waals surface area contributed by atoms with Crippen LogP contribution in [0.3, 0.4) is 0 Å². The fourth-order valence-corrected chi connectivity index (χ4v) is 2.52. The van der Waals surface area contributed by atoms with Crippen LogP contribution in [-0.4, -0.2) is 31.1 Å². The Morgan fingerprint density at radius 3 is 2.32 bits per heavy atom. The van der Waals surface area contributed by atoms with E-state index in [1.165, 1.54) is 6.42 Å². The summed E-state index contributed by atoms with van der Waals surface area (Å²) in [5, 5.41) is 3.41. The molecule has 0 aliphatic carbocycles. The molecule has 1 N–H and O–H groups in total. The number of aryl methyl sites for hydroxylation is 1. The third kappa shape index (κ3) is 5.35. The van der Waals surface area contributed by atoms with Crippen LogP contribution in [0.5, 0.6) is 0 Å². The first-order chi connectivity index (χ1) is 8.16. The summed E-state index contributed by atoms with van der Waals surface area (Å²) >= 11 is 0. The van der Waals surface area contributed by atoms with E-state index >= 15 is 0 Å². The quantitative estimate of drug-likeness (QED) is 0.924. The Balaban J connectivity index is 0.00000162. The van der Waals surface area contributed by atoms with Crippen LogP contribution in [0.1, 0.15) is 37.8 Å². The molecular formula is C14H26Cl2N2O. The monoisotopic (exact) mass is 308 g/mol. The molecule has 0 saturated carbocycles. The average molecular weight is 309 g/mol. The molecule has 0 unspecified atom stereocenters. The van der Waals surface area contributed by atoms with E-state index in [9.17, 15) is 0 Å². The molecular weight excluding hydrogens is 283 g/mol. The van der Waals surface area contributed by atoms with E-state index in [4.69, 9.17) is 4.42 Å². The third-order valence-electron chi connectivity index (χ3n) is 3.38. The van der Waals surface area contributed by atoms with Crippen molar-refractivity contribution in [3.05, 3.63) is 23.7 Å². The number of piperazine rings is 1. The standard InChI is InChI=1S/C14H24N2O.2ClH/c1-11(2)10-13(14-5-4-12(3)17-14)16-8-6-15-7-9-16;;/h4-5,11,13,15H,6-10H2,1-3H3;2*1H/t13-;;/m1../s1. The Morgan fingerprint density at radius 1 is 1.21 bits per heavy atom. The van der Waals surface area contributed by atoms with Gasteiger partial charge in [0.2, 0.25) is 0 Å². The minimum absolute atomic E-state index is 0. The summed E-state index contributed by atoms with van der Waals surface area (Å²) in [4.78, 5) is 2.55. The first-order valence-corrected chi connectivity index (χ1v) is 6.68. The largest absolute Gasteiger partial charge is 0.465 e. The highest BCUT2D eigenvalue weighted by Crippen LogP contribution is 2.29. The van der Waals surface area contributed by atoms with Crippen LogP contribution in [0.4, 0.5) is 0 Å². The maximum Gasteiger partial charge on any atom is 0.121 e. The van der Waals surface area contributed by atoms with Gasteiger partial charge in [-0.1, -0.05) is 13.8 Å². The Labute approximate surface area is 128 Å². The number of rotatable bonds is 4. The SMILES string of the molecule is Cc1ccc([C@@H](CC(C)C)N2CCNCC2)o1.Cl.Cl. The second-order valence-electron chi connectivity index (χ2n) is 5.38. The van der Waals surface area contributed by atoms with Gasteiger partial charge in [-0.3, -0.25) is 4.90 Å². The van der Waals surface area contributed by atoms with Crippen molar-refractivity contribution in [2.45, 2.75) is 33.2 Å². The zero-order valence-electron chi connectivity index (χ0n) is 12.0. The molecule has 1 saturated heterocycles. The van der Waals surface area contributed by atoms with Crippen LogP contribution in [0.25, 0.3) is 0 Å². The lowest BCUT2D eigenvalue weighted by Crippen LogP contribution is -2.45. The highest BCUT2D eigenvalue weighted by Gasteiger charge is 2.25. The molecule has 2 heterocycles. The summed E-state index contributed by atoms with van der Waals surface area (Å²) in [6.07, 6.45) is 1.17. The molecule has 3 nitrogen and oxygen atoms in total. The Morgan fingerprint density at radius 2 is 1.84 bits per heavy atom. The van der Waals surface area contributed by atoms with Crippen LogP contribution in [0, 0.1) is 12.8 Å². The van der Waals surface area contributed by atoms with E-state index in [-0.39, 0.29) is 24.8 Å². The van der Waals surface area contributed by atoms with Gasteiger partial charge in [0.05, 0.1) is 6.04 Å². The van der Waals surface area contributed by atoms with Crippen molar-refractivity contribution in [3.8, 4) is 0 Å². The molecule has 19 heavy (non-hydrogen) atoms. The highest BCUT2D eigenvalue weighted by atomic mass is 35.5. The van der Waals surface area contributed by atoms with Gasteiger partial charge in [-0.05, 0) is 31.4 Å². The molecule has 5 heteroatoms. The average Bonchev–Trinajstić information content (AvgIpc) is 2.73. The van der Waals surface area contributed by atoms with Gasteiger partial charge in [0.25, 0.3) is 0 Å². The van der Waals surface area contributed by atoms with Crippen LogP contribution in [0.2, 0.25) is 0 Å². The molecule has 1 aliphatic rings. The van der Waals surface area contributed by atoms with Crippen molar-refractivity contribution in [2.24, 2.45) is 5.92 Å². The maximum atomic E-state index is 5.84. The van der Waals surface area contributed by atoms with Crippen molar-refractivity contribution < 1.29 is 4.42 Å². The molecule has 0 bridgehead atoms. The van der Waals surface area contributed by atoms with Gasteiger partial charge in [-0.15, -0.1) is 24.8 Å². The zero-order chi connectivity index (χ0) is 12.3. The molecule has 1 aromatic heterocycles. The highest BCUT2D eigenvalue weighted by molar-refractivity contribution is 5.85. The minimum Gasteiger partial charge on any atom is -0.465 e. The normalized spacial score (nSPS) is 17.7. The van der Waals surface area contributed by atoms with E-state index < -0.39 is 0 Å². The summed E-state index contributed by atoms with van der Waals surface area (Å²) in [5.41, 5.74) is 0.